The van der Waals surface area contributed by atoms with E-state index in [2.05, 4.69) is 49.1 Å². The molecule has 3 rings (SSSR count). The lowest BCUT2D eigenvalue weighted by molar-refractivity contribution is 0.759. The van der Waals surface area contributed by atoms with Gasteiger partial charge >= 0.3 is 0 Å². The molecule has 0 amide bonds. The number of nitrogens with zero attached hydrogens (tertiary/aromatic N) is 3. The predicted octanol–water partition coefficient (Wildman–Crippen LogP) is 3.85. The van der Waals surface area contributed by atoms with Crippen molar-refractivity contribution < 1.29 is 0 Å². The fourth-order valence-electron chi connectivity index (χ4n) is 2.22. The average Bonchev–Trinajstić information content (AvgIpc) is 2.88. The summed E-state index contributed by atoms with van der Waals surface area (Å²) in [5.74, 6) is 1.31. The summed E-state index contributed by atoms with van der Waals surface area (Å²) in [5, 5.41) is 5.78. The Morgan fingerprint density at radius 3 is 2.63 bits per heavy atom. The van der Waals surface area contributed by atoms with Crippen LogP contribution in [0.3, 0.4) is 0 Å². The molecule has 0 saturated heterocycles. The SMILES string of the molecule is Cc1cc(-n2ccc(C(C)C)n2)nc2ccccc12. The third-order valence-corrected chi connectivity index (χ3v) is 3.35. The number of benzene rings is 1. The summed E-state index contributed by atoms with van der Waals surface area (Å²) in [6.45, 7) is 6.40. The van der Waals surface area contributed by atoms with Gasteiger partial charge in [0, 0.05) is 11.6 Å². The first-order chi connectivity index (χ1) is 9.15. The Morgan fingerprint density at radius 1 is 1.11 bits per heavy atom. The first-order valence-electron chi connectivity index (χ1n) is 6.57. The molecule has 0 unspecified atom stereocenters. The van der Waals surface area contributed by atoms with Gasteiger partial charge in [-0.1, -0.05) is 32.0 Å². The molecule has 0 aliphatic carbocycles. The van der Waals surface area contributed by atoms with Crippen LogP contribution in [-0.2, 0) is 0 Å². The summed E-state index contributed by atoms with van der Waals surface area (Å²) in [6, 6.07) is 12.3. The van der Waals surface area contributed by atoms with Gasteiger partial charge in [0.2, 0.25) is 0 Å². The van der Waals surface area contributed by atoms with E-state index in [9.17, 15) is 0 Å². The molecular formula is C16H17N3. The molecule has 19 heavy (non-hydrogen) atoms. The van der Waals surface area contributed by atoms with Crippen molar-refractivity contribution in [2.24, 2.45) is 0 Å². The van der Waals surface area contributed by atoms with Crippen LogP contribution in [-0.4, -0.2) is 14.8 Å². The minimum atomic E-state index is 0.433. The van der Waals surface area contributed by atoms with Gasteiger partial charge in [0.1, 0.15) is 0 Å². The smallest absolute Gasteiger partial charge is 0.154 e. The number of pyridine rings is 1. The lowest BCUT2D eigenvalue weighted by Gasteiger charge is -2.06. The van der Waals surface area contributed by atoms with Crippen LogP contribution < -0.4 is 0 Å². The molecule has 96 valence electrons. The molecule has 0 bridgehead atoms. The van der Waals surface area contributed by atoms with E-state index >= 15 is 0 Å². The van der Waals surface area contributed by atoms with Gasteiger partial charge in [-0.3, -0.25) is 0 Å². The monoisotopic (exact) mass is 251 g/mol. The van der Waals surface area contributed by atoms with Crippen LogP contribution in [0.2, 0.25) is 0 Å². The maximum absolute atomic E-state index is 4.68. The number of hydrogen-bond donors (Lipinski definition) is 0. The largest absolute Gasteiger partial charge is 0.229 e. The number of hydrogen-bond acceptors (Lipinski definition) is 2. The first-order valence-corrected chi connectivity index (χ1v) is 6.57. The van der Waals surface area contributed by atoms with E-state index < -0.39 is 0 Å². The van der Waals surface area contributed by atoms with Crippen molar-refractivity contribution >= 4 is 10.9 Å². The first kappa shape index (κ1) is 11.9. The highest BCUT2D eigenvalue weighted by Crippen LogP contribution is 2.20. The Balaban J connectivity index is 2.14. The zero-order valence-electron chi connectivity index (χ0n) is 11.5. The number of fused-ring (bicyclic) bond motifs is 1. The van der Waals surface area contributed by atoms with Crippen molar-refractivity contribution in [3.63, 3.8) is 0 Å². The zero-order chi connectivity index (χ0) is 13.4. The molecule has 0 aliphatic rings. The fraction of sp³-hybridized carbons (Fsp3) is 0.250. The molecule has 3 aromatic rings. The normalized spacial score (nSPS) is 11.4. The predicted molar refractivity (Wildman–Crippen MR) is 77.7 cm³/mol. The molecule has 0 saturated carbocycles. The lowest BCUT2D eigenvalue weighted by Crippen LogP contribution is -2.01. The van der Waals surface area contributed by atoms with Crippen LogP contribution >= 0.6 is 0 Å². The number of aromatic nitrogens is 3. The van der Waals surface area contributed by atoms with Gasteiger partial charge in [0.05, 0.1) is 11.2 Å². The van der Waals surface area contributed by atoms with Gasteiger partial charge in [-0.25, -0.2) is 9.67 Å². The van der Waals surface area contributed by atoms with Crippen molar-refractivity contribution in [3.05, 3.63) is 53.9 Å². The third kappa shape index (κ3) is 2.12. The van der Waals surface area contributed by atoms with Gasteiger partial charge in [-0.2, -0.15) is 5.10 Å². The molecule has 0 radical (unpaired) electrons. The summed E-state index contributed by atoms with van der Waals surface area (Å²) in [5.41, 5.74) is 3.33. The Labute approximate surface area is 112 Å². The minimum absolute atomic E-state index is 0.433. The second kappa shape index (κ2) is 4.50. The molecule has 2 aromatic heterocycles. The standard InChI is InChI=1S/C16H17N3/c1-11(2)14-8-9-19(18-14)16-10-12(3)13-6-4-5-7-15(13)17-16/h4-11H,1-3H3. The average molecular weight is 251 g/mol. The molecule has 0 aliphatic heterocycles. The van der Waals surface area contributed by atoms with Crippen LogP contribution in [0.5, 0.6) is 0 Å². The molecule has 0 fully saturated rings. The second-order valence-electron chi connectivity index (χ2n) is 5.15. The van der Waals surface area contributed by atoms with Crippen LogP contribution in [0.15, 0.2) is 42.6 Å². The number of rotatable bonds is 2. The quantitative estimate of drug-likeness (QED) is 0.692. The summed E-state index contributed by atoms with van der Waals surface area (Å²) in [7, 11) is 0. The molecule has 0 spiro atoms. The van der Waals surface area contributed by atoms with Gasteiger partial charge < -0.3 is 0 Å². The molecule has 0 atom stereocenters. The maximum atomic E-state index is 4.68. The summed E-state index contributed by atoms with van der Waals surface area (Å²) >= 11 is 0. The summed E-state index contributed by atoms with van der Waals surface area (Å²) < 4.78 is 1.86. The number of aryl methyl sites for hydroxylation is 1. The second-order valence-corrected chi connectivity index (χ2v) is 5.15. The van der Waals surface area contributed by atoms with Crippen LogP contribution in [0.1, 0.15) is 31.0 Å². The fourth-order valence-corrected chi connectivity index (χ4v) is 2.22. The van der Waals surface area contributed by atoms with Crippen LogP contribution in [0, 0.1) is 6.92 Å². The van der Waals surface area contributed by atoms with Crippen LogP contribution in [0.25, 0.3) is 16.7 Å². The van der Waals surface area contributed by atoms with E-state index in [4.69, 9.17) is 0 Å². The van der Waals surface area contributed by atoms with E-state index in [1.54, 1.807) is 0 Å². The van der Waals surface area contributed by atoms with E-state index in [1.165, 1.54) is 10.9 Å². The van der Waals surface area contributed by atoms with Gasteiger partial charge in [0.15, 0.2) is 5.82 Å². The highest BCUT2D eigenvalue weighted by Gasteiger charge is 2.07. The van der Waals surface area contributed by atoms with E-state index in [-0.39, 0.29) is 0 Å². The molecule has 0 N–H and O–H groups in total. The molecular weight excluding hydrogens is 234 g/mol. The van der Waals surface area contributed by atoms with Crippen LogP contribution in [0.4, 0.5) is 0 Å². The van der Waals surface area contributed by atoms with Crippen molar-refractivity contribution in [1.29, 1.82) is 0 Å². The van der Waals surface area contributed by atoms with Crippen molar-refractivity contribution in [1.82, 2.24) is 14.8 Å². The van der Waals surface area contributed by atoms with E-state index in [0.717, 1.165) is 17.0 Å². The topological polar surface area (TPSA) is 30.7 Å². The Kier molecular flexibility index (Phi) is 2.82. The van der Waals surface area contributed by atoms with Gasteiger partial charge in [-0.15, -0.1) is 0 Å². The summed E-state index contributed by atoms with van der Waals surface area (Å²) in [6.07, 6.45) is 1.98. The highest BCUT2D eigenvalue weighted by atomic mass is 15.3. The number of para-hydroxylation sites is 1. The van der Waals surface area contributed by atoms with Crippen molar-refractivity contribution in [2.45, 2.75) is 26.7 Å². The Morgan fingerprint density at radius 2 is 1.89 bits per heavy atom. The third-order valence-electron chi connectivity index (χ3n) is 3.35. The van der Waals surface area contributed by atoms with Gasteiger partial charge in [-0.05, 0) is 36.6 Å². The lowest BCUT2D eigenvalue weighted by atomic mass is 10.1. The van der Waals surface area contributed by atoms with Gasteiger partial charge in [0.25, 0.3) is 0 Å². The molecule has 2 heterocycles. The summed E-state index contributed by atoms with van der Waals surface area (Å²) in [4.78, 5) is 4.68. The van der Waals surface area contributed by atoms with E-state index in [0.29, 0.717) is 5.92 Å². The zero-order valence-corrected chi connectivity index (χ0v) is 11.5. The highest BCUT2D eigenvalue weighted by molar-refractivity contribution is 5.82. The maximum Gasteiger partial charge on any atom is 0.154 e. The Bertz CT molecular complexity index is 726. The molecule has 3 heteroatoms. The van der Waals surface area contributed by atoms with E-state index in [1.807, 2.05) is 29.1 Å². The van der Waals surface area contributed by atoms with Crippen molar-refractivity contribution in [3.8, 4) is 5.82 Å². The van der Waals surface area contributed by atoms with Crippen molar-refractivity contribution in [2.75, 3.05) is 0 Å². The minimum Gasteiger partial charge on any atom is -0.229 e. The molecule has 3 nitrogen and oxygen atoms in total. The molecule has 1 aromatic carbocycles. The Hall–Kier alpha value is -2.16.